The van der Waals surface area contributed by atoms with Crippen LogP contribution in [0.2, 0.25) is 0 Å². The van der Waals surface area contributed by atoms with E-state index in [1.165, 1.54) is 11.1 Å². The minimum Gasteiger partial charge on any atom is -0.477 e. The molecule has 2 aliphatic rings. The topological polar surface area (TPSA) is 18.5 Å². The van der Waals surface area contributed by atoms with E-state index in [9.17, 15) is 0 Å². The van der Waals surface area contributed by atoms with Crippen LogP contribution in [-0.2, 0) is 5.60 Å². The molecule has 106 valence electrons. The van der Waals surface area contributed by atoms with Crippen LogP contribution in [-0.4, -0.2) is 0 Å². The lowest BCUT2D eigenvalue weighted by Crippen LogP contribution is -2.53. The Morgan fingerprint density at radius 1 is 0.682 bits per heavy atom. The zero-order chi connectivity index (χ0) is 14.6. The van der Waals surface area contributed by atoms with Crippen LogP contribution in [0.1, 0.15) is 22.8 Å². The number of benzene rings is 3. The molecule has 1 aliphatic carbocycles. The lowest BCUT2D eigenvalue weighted by atomic mass is 9.66. The monoisotopic (exact) mass is 286 g/mol. The van der Waals surface area contributed by atoms with E-state index in [-0.39, 0.29) is 6.10 Å². The predicted octanol–water partition coefficient (Wildman–Crippen LogP) is 4.46. The van der Waals surface area contributed by atoms with Gasteiger partial charge in [-0.05, 0) is 12.1 Å². The van der Waals surface area contributed by atoms with Gasteiger partial charge in [-0.1, -0.05) is 66.7 Å². The molecule has 3 aromatic carbocycles. The van der Waals surface area contributed by atoms with E-state index in [0.29, 0.717) is 0 Å². The van der Waals surface area contributed by atoms with Crippen molar-refractivity contribution < 1.29 is 9.47 Å². The van der Waals surface area contributed by atoms with E-state index >= 15 is 0 Å². The van der Waals surface area contributed by atoms with Crippen LogP contribution in [0.15, 0.2) is 78.9 Å². The zero-order valence-corrected chi connectivity index (χ0v) is 11.9. The molecule has 0 fully saturated rings. The molecule has 0 amide bonds. The van der Waals surface area contributed by atoms with E-state index in [1.807, 2.05) is 42.5 Å². The zero-order valence-electron chi connectivity index (χ0n) is 11.9. The lowest BCUT2D eigenvalue weighted by molar-refractivity contribution is -0.0747. The van der Waals surface area contributed by atoms with Gasteiger partial charge in [0.15, 0.2) is 17.6 Å². The van der Waals surface area contributed by atoms with Gasteiger partial charge < -0.3 is 9.47 Å². The fourth-order valence-electron chi connectivity index (χ4n) is 3.59. The highest BCUT2D eigenvalue weighted by molar-refractivity contribution is 5.58. The van der Waals surface area contributed by atoms with Gasteiger partial charge >= 0.3 is 0 Å². The standard InChI is InChI=1S/C20H14O2/c1-2-8-14(9-3-1)20-16-11-5-4-10-15(16)19(20)21-17-12-6-7-13-18(17)22-20/h1-13,19H. The summed E-state index contributed by atoms with van der Waals surface area (Å²) in [4.78, 5) is 0. The van der Waals surface area contributed by atoms with Gasteiger partial charge in [0.05, 0.1) is 0 Å². The number of hydrogen-bond acceptors (Lipinski definition) is 2. The van der Waals surface area contributed by atoms with Crippen molar-refractivity contribution >= 4 is 0 Å². The summed E-state index contributed by atoms with van der Waals surface area (Å²) in [6, 6.07) is 26.6. The van der Waals surface area contributed by atoms with Crippen LogP contribution in [0.3, 0.4) is 0 Å². The van der Waals surface area contributed by atoms with Crippen LogP contribution in [0.4, 0.5) is 0 Å². The van der Waals surface area contributed by atoms with Crippen LogP contribution in [0.5, 0.6) is 11.5 Å². The first kappa shape index (κ1) is 11.9. The first-order chi connectivity index (χ1) is 10.9. The first-order valence-corrected chi connectivity index (χ1v) is 7.49. The summed E-state index contributed by atoms with van der Waals surface area (Å²) in [5.41, 5.74) is 3.00. The third-order valence-electron chi connectivity index (χ3n) is 4.58. The maximum absolute atomic E-state index is 6.51. The molecule has 0 saturated carbocycles. The second-order valence-corrected chi connectivity index (χ2v) is 5.74. The Balaban J connectivity index is 1.76. The quantitative estimate of drug-likeness (QED) is 0.657. The minimum absolute atomic E-state index is 0.0963. The number of para-hydroxylation sites is 2. The fourth-order valence-corrected chi connectivity index (χ4v) is 3.59. The Hall–Kier alpha value is -2.74. The number of ether oxygens (including phenoxy) is 2. The number of hydrogen-bond donors (Lipinski definition) is 0. The van der Waals surface area contributed by atoms with Crippen LogP contribution in [0.25, 0.3) is 0 Å². The molecule has 3 aromatic rings. The summed E-state index contributed by atoms with van der Waals surface area (Å²) >= 11 is 0. The lowest BCUT2D eigenvalue weighted by Gasteiger charge is -2.52. The third-order valence-corrected chi connectivity index (χ3v) is 4.58. The van der Waals surface area contributed by atoms with E-state index in [4.69, 9.17) is 9.47 Å². The van der Waals surface area contributed by atoms with Crippen molar-refractivity contribution in [2.75, 3.05) is 0 Å². The summed E-state index contributed by atoms with van der Waals surface area (Å²) in [5, 5.41) is 0. The summed E-state index contributed by atoms with van der Waals surface area (Å²) in [5.74, 6) is 1.62. The summed E-state index contributed by atoms with van der Waals surface area (Å²) in [6.07, 6.45) is -0.0963. The van der Waals surface area contributed by atoms with Crippen LogP contribution >= 0.6 is 0 Å². The summed E-state index contributed by atoms with van der Waals surface area (Å²) < 4.78 is 12.8. The van der Waals surface area contributed by atoms with Crippen molar-refractivity contribution in [1.29, 1.82) is 0 Å². The molecule has 2 nitrogen and oxygen atoms in total. The molecule has 5 rings (SSSR count). The molecule has 0 spiro atoms. The molecule has 0 saturated heterocycles. The summed E-state index contributed by atoms with van der Waals surface area (Å²) in [7, 11) is 0. The highest BCUT2D eigenvalue weighted by atomic mass is 16.6. The van der Waals surface area contributed by atoms with Gasteiger partial charge in [-0.15, -0.1) is 0 Å². The molecule has 0 radical (unpaired) electrons. The van der Waals surface area contributed by atoms with Crippen LogP contribution < -0.4 is 9.47 Å². The van der Waals surface area contributed by atoms with Gasteiger partial charge in [0.25, 0.3) is 0 Å². The van der Waals surface area contributed by atoms with Crippen molar-refractivity contribution in [1.82, 2.24) is 0 Å². The third kappa shape index (κ3) is 1.34. The maximum atomic E-state index is 6.51. The second kappa shape index (κ2) is 4.14. The molecule has 2 heteroatoms. The molecule has 2 atom stereocenters. The van der Waals surface area contributed by atoms with Crippen molar-refractivity contribution in [3.8, 4) is 11.5 Å². The largest absolute Gasteiger partial charge is 0.477 e. The van der Waals surface area contributed by atoms with E-state index < -0.39 is 5.60 Å². The molecule has 0 N–H and O–H groups in total. The molecular weight excluding hydrogens is 272 g/mol. The van der Waals surface area contributed by atoms with E-state index in [2.05, 4.69) is 36.4 Å². The highest BCUT2D eigenvalue weighted by Crippen LogP contribution is 2.60. The Kier molecular flexibility index (Phi) is 2.23. The van der Waals surface area contributed by atoms with Gasteiger partial charge in [0.1, 0.15) is 0 Å². The first-order valence-electron chi connectivity index (χ1n) is 7.49. The molecule has 0 bridgehead atoms. The Morgan fingerprint density at radius 3 is 2.23 bits per heavy atom. The predicted molar refractivity (Wildman–Crippen MR) is 84.1 cm³/mol. The van der Waals surface area contributed by atoms with Crippen molar-refractivity contribution in [2.24, 2.45) is 0 Å². The minimum atomic E-state index is -0.536. The molecule has 1 heterocycles. The van der Waals surface area contributed by atoms with Gasteiger partial charge in [-0.2, -0.15) is 0 Å². The molecule has 0 aromatic heterocycles. The Morgan fingerprint density at radius 2 is 1.36 bits per heavy atom. The highest BCUT2D eigenvalue weighted by Gasteiger charge is 2.59. The Bertz CT molecular complexity index is 856. The molecule has 22 heavy (non-hydrogen) atoms. The Labute approximate surface area is 128 Å². The van der Waals surface area contributed by atoms with Gasteiger partial charge in [-0.25, -0.2) is 0 Å². The molecule has 2 unspecified atom stereocenters. The number of fused-ring (bicyclic) bond motifs is 5. The normalized spacial score (nSPS) is 23.9. The van der Waals surface area contributed by atoms with Gasteiger partial charge in [-0.3, -0.25) is 0 Å². The van der Waals surface area contributed by atoms with E-state index in [1.54, 1.807) is 0 Å². The second-order valence-electron chi connectivity index (χ2n) is 5.74. The SMILES string of the molecule is c1ccc(C23Oc4ccccc4OC2c2ccccc23)cc1. The van der Waals surface area contributed by atoms with Crippen LogP contribution in [0, 0.1) is 0 Å². The molecule has 1 aliphatic heterocycles. The average molecular weight is 286 g/mol. The van der Waals surface area contributed by atoms with Gasteiger partial charge in [0.2, 0.25) is 5.60 Å². The molecular formula is C20H14O2. The van der Waals surface area contributed by atoms with E-state index in [0.717, 1.165) is 17.1 Å². The van der Waals surface area contributed by atoms with Crippen molar-refractivity contribution in [3.05, 3.63) is 95.6 Å². The number of rotatable bonds is 1. The van der Waals surface area contributed by atoms with Crippen molar-refractivity contribution in [2.45, 2.75) is 11.7 Å². The maximum Gasteiger partial charge on any atom is 0.200 e. The summed E-state index contributed by atoms with van der Waals surface area (Å²) in [6.45, 7) is 0. The van der Waals surface area contributed by atoms with Crippen molar-refractivity contribution in [3.63, 3.8) is 0 Å². The van der Waals surface area contributed by atoms with Gasteiger partial charge in [0, 0.05) is 16.7 Å². The smallest absolute Gasteiger partial charge is 0.200 e. The fraction of sp³-hybridized carbons (Fsp3) is 0.100. The average Bonchev–Trinajstić information content (AvgIpc) is 2.60.